The summed E-state index contributed by atoms with van der Waals surface area (Å²) >= 11 is 7.82. The highest BCUT2D eigenvalue weighted by molar-refractivity contribution is 7.13. The van der Waals surface area contributed by atoms with E-state index in [1.54, 1.807) is 30.4 Å². The van der Waals surface area contributed by atoms with Crippen molar-refractivity contribution in [2.45, 2.75) is 12.5 Å². The van der Waals surface area contributed by atoms with Gasteiger partial charge in [-0.3, -0.25) is 0 Å². The van der Waals surface area contributed by atoms with Crippen LogP contribution in [0.5, 0.6) is 0 Å². The van der Waals surface area contributed by atoms with Gasteiger partial charge in [0.1, 0.15) is 5.60 Å². The average Bonchev–Trinajstić information content (AvgIpc) is 3.15. The second-order valence-corrected chi connectivity index (χ2v) is 7.50. The topological polar surface area (TPSA) is 78.0 Å². The number of nitrogens with two attached hydrogens (primary N) is 1. The Morgan fingerprint density at radius 3 is 2.72 bits per heavy atom. The number of guanidine groups is 1. The summed E-state index contributed by atoms with van der Waals surface area (Å²) in [5, 5.41) is 14.2. The highest BCUT2D eigenvalue weighted by atomic mass is 35.5. The summed E-state index contributed by atoms with van der Waals surface area (Å²) in [6.45, 7) is 5.13. The van der Waals surface area contributed by atoms with Crippen molar-refractivity contribution in [3.8, 4) is 0 Å². The van der Waals surface area contributed by atoms with Crippen LogP contribution in [0.1, 0.15) is 12.5 Å². The van der Waals surface area contributed by atoms with Gasteiger partial charge in [-0.25, -0.2) is 9.98 Å². The summed E-state index contributed by atoms with van der Waals surface area (Å²) in [6, 6.07) is 7.25. The third-order valence-corrected chi connectivity index (χ3v) is 5.46. The van der Waals surface area contributed by atoms with Crippen LogP contribution in [-0.2, 0) is 5.60 Å². The number of benzene rings is 1. The van der Waals surface area contributed by atoms with E-state index in [-0.39, 0.29) is 6.54 Å². The second-order valence-electron chi connectivity index (χ2n) is 6.22. The van der Waals surface area contributed by atoms with Gasteiger partial charge in [-0.15, -0.1) is 11.3 Å². The highest BCUT2D eigenvalue weighted by Crippen LogP contribution is 2.28. The summed E-state index contributed by atoms with van der Waals surface area (Å²) in [5.74, 6) is 0.450. The van der Waals surface area contributed by atoms with Crippen LogP contribution in [0.3, 0.4) is 0 Å². The molecule has 0 aliphatic carbocycles. The smallest absolute Gasteiger partial charge is 0.191 e. The first-order valence-electron chi connectivity index (χ1n) is 8.14. The van der Waals surface area contributed by atoms with E-state index < -0.39 is 5.60 Å². The molecule has 1 saturated heterocycles. The fraction of sp³-hybridized carbons (Fsp3) is 0.412. The zero-order valence-electron chi connectivity index (χ0n) is 14.1. The molecular formula is C17H22ClN5OS. The molecular weight excluding hydrogens is 358 g/mol. The Labute approximate surface area is 156 Å². The number of piperazine rings is 1. The van der Waals surface area contributed by atoms with Gasteiger partial charge in [0, 0.05) is 48.3 Å². The molecule has 1 aliphatic heterocycles. The second kappa shape index (κ2) is 7.59. The van der Waals surface area contributed by atoms with Crippen molar-refractivity contribution in [2.24, 2.45) is 10.7 Å². The van der Waals surface area contributed by atoms with Crippen LogP contribution >= 0.6 is 22.9 Å². The first-order chi connectivity index (χ1) is 12.0. The van der Waals surface area contributed by atoms with Gasteiger partial charge in [-0.1, -0.05) is 29.8 Å². The summed E-state index contributed by atoms with van der Waals surface area (Å²) < 4.78 is 0. The molecule has 3 rings (SSSR count). The summed E-state index contributed by atoms with van der Waals surface area (Å²) in [5.41, 5.74) is 5.63. The fourth-order valence-corrected chi connectivity index (χ4v) is 3.85. The van der Waals surface area contributed by atoms with Gasteiger partial charge in [0.15, 0.2) is 11.1 Å². The fourth-order valence-electron chi connectivity index (χ4n) is 2.82. The quantitative estimate of drug-likeness (QED) is 0.628. The Balaban J connectivity index is 1.60. The number of hydrogen-bond donors (Lipinski definition) is 2. The van der Waals surface area contributed by atoms with Crippen LogP contribution in [0.2, 0.25) is 5.02 Å². The monoisotopic (exact) mass is 379 g/mol. The molecule has 6 nitrogen and oxygen atoms in total. The van der Waals surface area contributed by atoms with E-state index in [4.69, 9.17) is 17.3 Å². The number of halogens is 1. The normalized spacial score (nSPS) is 18.3. The van der Waals surface area contributed by atoms with Crippen molar-refractivity contribution < 1.29 is 5.11 Å². The van der Waals surface area contributed by atoms with E-state index >= 15 is 0 Å². The van der Waals surface area contributed by atoms with Gasteiger partial charge in [0.2, 0.25) is 0 Å². The number of aromatic nitrogens is 1. The number of thiazole rings is 1. The van der Waals surface area contributed by atoms with E-state index in [2.05, 4.69) is 14.9 Å². The number of rotatable bonds is 4. The maximum atomic E-state index is 10.7. The Hall–Kier alpha value is -1.83. The Morgan fingerprint density at radius 2 is 2.08 bits per heavy atom. The Kier molecular flexibility index (Phi) is 5.46. The molecule has 0 spiro atoms. The van der Waals surface area contributed by atoms with Gasteiger partial charge in [0.25, 0.3) is 0 Å². The van der Waals surface area contributed by atoms with Crippen LogP contribution in [0, 0.1) is 0 Å². The maximum absolute atomic E-state index is 10.7. The molecule has 3 N–H and O–H groups in total. The van der Waals surface area contributed by atoms with Crippen molar-refractivity contribution in [3.05, 3.63) is 46.4 Å². The number of aliphatic imine (C=N–C) groups is 1. The minimum atomic E-state index is -1.16. The molecule has 0 radical (unpaired) electrons. The number of aliphatic hydroxyl groups is 1. The molecule has 1 aromatic carbocycles. The molecule has 0 saturated carbocycles. The molecule has 2 aromatic rings. The largest absolute Gasteiger partial charge is 0.383 e. The summed E-state index contributed by atoms with van der Waals surface area (Å²) in [4.78, 5) is 13.0. The zero-order chi connectivity index (χ0) is 17.9. The van der Waals surface area contributed by atoms with Gasteiger partial charge < -0.3 is 20.6 Å². The van der Waals surface area contributed by atoms with E-state index in [0.717, 1.165) is 31.3 Å². The third-order valence-electron chi connectivity index (χ3n) is 4.30. The molecule has 1 aliphatic rings. The van der Waals surface area contributed by atoms with E-state index in [0.29, 0.717) is 16.5 Å². The van der Waals surface area contributed by atoms with Crippen molar-refractivity contribution >= 4 is 34.0 Å². The molecule has 1 atom stereocenters. The van der Waals surface area contributed by atoms with Crippen molar-refractivity contribution in [3.63, 3.8) is 0 Å². The number of hydrogen-bond acceptors (Lipinski definition) is 5. The molecule has 1 fully saturated rings. The minimum absolute atomic E-state index is 0.162. The molecule has 0 bridgehead atoms. The SMILES string of the molecule is CC(O)(CN=C(N)N1CCN(c2nccs2)CC1)c1ccccc1Cl. The van der Waals surface area contributed by atoms with Crippen LogP contribution in [0.15, 0.2) is 40.8 Å². The van der Waals surface area contributed by atoms with E-state index in [1.807, 2.05) is 28.6 Å². The maximum Gasteiger partial charge on any atom is 0.191 e. The zero-order valence-corrected chi connectivity index (χ0v) is 15.7. The molecule has 2 heterocycles. The standard InChI is InChI=1S/C17H22ClN5OS/c1-17(24,13-4-2-3-5-14(13)18)12-21-15(19)22-7-9-23(10-8-22)16-20-6-11-25-16/h2-6,11,24H,7-10,12H2,1H3,(H2,19,21). The van der Waals surface area contributed by atoms with E-state index in [1.165, 1.54) is 0 Å². The minimum Gasteiger partial charge on any atom is -0.383 e. The van der Waals surface area contributed by atoms with Gasteiger partial charge in [-0.2, -0.15) is 0 Å². The van der Waals surface area contributed by atoms with Crippen molar-refractivity contribution in [2.75, 3.05) is 37.6 Å². The van der Waals surface area contributed by atoms with E-state index in [9.17, 15) is 5.11 Å². The Bertz CT molecular complexity index is 726. The van der Waals surface area contributed by atoms with Crippen molar-refractivity contribution in [1.82, 2.24) is 9.88 Å². The molecule has 8 heteroatoms. The Morgan fingerprint density at radius 1 is 1.36 bits per heavy atom. The molecule has 25 heavy (non-hydrogen) atoms. The summed E-state index contributed by atoms with van der Waals surface area (Å²) in [6.07, 6.45) is 1.82. The molecule has 134 valence electrons. The lowest BCUT2D eigenvalue weighted by molar-refractivity contribution is 0.0671. The summed E-state index contributed by atoms with van der Waals surface area (Å²) in [7, 11) is 0. The predicted molar refractivity (Wildman–Crippen MR) is 103 cm³/mol. The highest BCUT2D eigenvalue weighted by Gasteiger charge is 2.26. The predicted octanol–water partition coefficient (Wildman–Crippen LogP) is 2.14. The van der Waals surface area contributed by atoms with Crippen molar-refractivity contribution in [1.29, 1.82) is 0 Å². The van der Waals surface area contributed by atoms with Gasteiger partial charge >= 0.3 is 0 Å². The first-order valence-corrected chi connectivity index (χ1v) is 9.40. The average molecular weight is 380 g/mol. The number of nitrogens with zero attached hydrogens (tertiary/aromatic N) is 4. The van der Waals surface area contributed by atoms with Gasteiger partial charge in [-0.05, 0) is 13.0 Å². The third kappa shape index (κ3) is 4.23. The number of anilines is 1. The van der Waals surface area contributed by atoms with Crippen LogP contribution in [-0.4, -0.2) is 53.7 Å². The molecule has 1 unspecified atom stereocenters. The van der Waals surface area contributed by atoms with Gasteiger partial charge in [0.05, 0.1) is 6.54 Å². The molecule has 1 aromatic heterocycles. The lowest BCUT2D eigenvalue weighted by Crippen LogP contribution is -2.51. The van der Waals surface area contributed by atoms with Crippen LogP contribution in [0.4, 0.5) is 5.13 Å². The molecule has 0 amide bonds. The first kappa shape index (κ1) is 18.0. The van der Waals surface area contributed by atoms with Crippen LogP contribution in [0.25, 0.3) is 0 Å². The van der Waals surface area contributed by atoms with Crippen LogP contribution < -0.4 is 10.6 Å². The lowest BCUT2D eigenvalue weighted by atomic mass is 9.96. The lowest BCUT2D eigenvalue weighted by Gasteiger charge is -2.35.